The highest BCUT2D eigenvalue weighted by molar-refractivity contribution is 7.99. The Hall–Kier alpha value is -1.52. The molecular weight excluding hydrogens is 294 g/mol. The van der Waals surface area contributed by atoms with E-state index in [-0.39, 0.29) is 10.6 Å². The number of halogens is 1. The zero-order valence-corrected chi connectivity index (χ0v) is 12.2. The van der Waals surface area contributed by atoms with Gasteiger partial charge in [0.2, 0.25) is 0 Å². The molecule has 0 saturated carbocycles. The molecule has 1 aliphatic carbocycles. The average molecular weight is 306 g/mol. The van der Waals surface area contributed by atoms with Crippen molar-refractivity contribution in [3.05, 3.63) is 52.2 Å². The number of carboxylic acids is 1. The van der Waals surface area contributed by atoms with Gasteiger partial charge in [0.1, 0.15) is 5.03 Å². The Balaban J connectivity index is 1.88. The van der Waals surface area contributed by atoms with Crippen LogP contribution in [-0.2, 0) is 12.8 Å². The summed E-state index contributed by atoms with van der Waals surface area (Å²) in [5.41, 5.74) is 2.90. The number of fused-ring (bicyclic) bond motifs is 1. The predicted octanol–water partition coefficient (Wildman–Crippen LogP) is 4.07. The van der Waals surface area contributed by atoms with E-state index >= 15 is 0 Å². The highest BCUT2D eigenvalue weighted by atomic mass is 35.5. The van der Waals surface area contributed by atoms with Gasteiger partial charge in [-0.1, -0.05) is 29.4 Å². The van der Waals surface area contributed by atoms with Gasteiger partial charge in [0.25, 0.3) is 0 Å². The Morgan fingerprint density at radius 3 is 2.85 bits per heavy atom. The Kier molecular flexibility index (Phi) is 3.68. The Bertz CT molecular complexity index is 688. The monoisotopic (exact) mass is 305 g/mol. The maximum atomic E-state index is 11.1. The van der Waals surface area contributed by atoms with E-state index in [1.54, 1.807) is 0 Å². The Morgan fingerprint density at radius 1 is 1.25 bits per heavy atom. The van der Waals surface area contributed by atoms with Crippen LogP contribution in [0.15, 0.2) is 40.4 Å². The van der Waals surface area contributed by atoms with Crippen molar-refractivity contribution in [2.45, 2.75) is 29.2 Å². The van der Waals surface area contributed by atoms with Gasteiger partial charge < -0.3 is 5.11 Å². The smallest absolute Gasteiger partial charge is 0.337 e. The molecule has 0 amide bonds. The molecule has 0 unspecified atom stereocenters. The molecule has 0 aliphatic heterocycles. The van der Waals surface area contributed by atoms with E-state index < -0.39 is 5.97 Å². The van der Waals surface area contributed by atoms with Crippen LogP contribution in [0.5, 0.6) is 0 Å². The first-order chi connectivity index (χ1) is 9.63. The van der Waals surface area contributed by atoms with Crippen molar-refractivity contribution in [3.63, 3.8) is 0 Å². The molecule has 1 heterocycles. The molecule has 102 valence electrons. The highest BCUT2D eigenvalue weighted by Crippen LogP contribution is 2.32. The molecule has 2 aromatic rings. The van der Waals surface area contributed by atoms with Gasteiger partial charge in [0, 0.05) is 11.1 Å². The molecule has 0 spiro atoms. The number of benzene rings is 1. The van der Waals surface area contributed by atoms with Gasteiger partial charge in [-0.05, 0) is 48.6 Å². The first-order valence-electron chi connectivity index (χ1n) is 6.32. The van der Waals surface area contributed by atoms with Crippen LogP contribution in [-0.4, -0.2) is 16.1 Å². The van der Waals surface area contributed by atoms with Crippen LogP contribution in [0.1, 0.15) is 27.9 Å². The van der Waals surface area contributed by atoms with E-state index in [2.05, 4.69) is 23.2 Å². The van der Waals surface area contributed by atoms with Gasteiger partial charge in [-0.25, -0.2) is 9.78 Å². The summed E-state index contributed by atoms with van der Waals surface area (Å²) in [5.74, 6) is -1.03. The van der Waals surface area contributed by atoms with Crippen molar-refractivity contribution >= 4 is 29.3 Å². The van der Waals surface area contributed by atoms with E-state index in [4.69, 9.17) is 16.7 Å². The maximum Gasteiger partial charge on any atom is 0.337 e. The lowest BCUT2D eigenvalue weighted by molar-refractivity contribution is 0.0696. The second-order valence-electron chi connectivity index (χ2n) is 4.69. The molecule has 1 aromatic heterocycles. The van der Waals surface area contributed by atoms with Crippen LogP contribution < -0.4 is 0 Å². The van der Waals surface area contributed by atoms with Gasteiger partial charge >= 0.3 is 5.97 Å². The third kappa shape index (κ3) is 2.67. The molecule has 20 heavy (non-hydrogen) atoms. The molecule has 0 atom stereocenters. The number of hydrogen-bond donors (Lipinski definition) is 1. The molecule has 1 aromatic carbocycles. The third-order valence-corrected chi connectivity index (χ3v) is 4.58. The van der Waals surface area contributed by atoms with Crippen LogP contribution >= 0.6 is 23.4 Å². The van der Waals surface area contributed by atoms with Crippen molar-refractivity contribution in [2.24, 2.45) is 0 Å². The zero-order chi connectivity index (χ0) is 14.1. The summed E-state index contributed by atoms with van der Waals surface area (Å²) in [6, 6.07) is 7.90. The lowest BCUT2D eigenvalue weighted by Crippen LogP contribution is -1.98. The minimum atomic E-state index is -1.03. The molecule has 3 nitrogen and oxygen atoms in total. The molecule has 0 radical (unpaired) electrons. The highest BCUT2D eigenvalue weighted by Gasteiger charge is 2.13. The van der Waals surface area contributed by atoms with Crippen molar-refractivity contribution in [2.75, 3.05) is 0 Å². The number of hydrogen-bond acceptors (Lipinski definition) is 3. The standard InChI is InChI=1S/C15H12ClNO2S/c16-13-8-17-14(7-12(13)15(18)19)20-11-5-4-9-2-1-3-10(9)6-11/h4-8H,1-3H2,(H,18,19). The molecule has 0 bridgehead atoms. The molecule has 1 N–H and O–H groups in total. The van der Waals surface area contributed by atoms with Crippen LogP contribution in [0.25, 0.3) is 0 Å². The molecule has 1 aliphatic rings. The second kappa shape index (κ2) is 5.46. The lowest BCUT2D eigenvalue weighted by atomic mass is 10.1. The summed E-state index contributed by atoms with van der Waals surface area (Å²) < 4.78 is 0. The quantitative estimate of drug-likeness (QED) is 0.928. The largest absolute Gasteiger partial charge is 0.478 e. The fourth-order valence-electron chi connectivity index (χ4n) is 2.37. The average Bonchev–Trinajstić information content (AvgIpc) is 2.88. The van der Waals surface area contributed by atoms with E-state index in [9.17, 15) is 4.79 Å². The fraction of sp³-hybridized carbons (Fsp3) is 0.200. The second-order valence-corrected chi connectivity index (χ2v) is 6.19. The van der Waals surface area contributed by atoms with E-state index in [1.807, 2.05) is 0 Å². The molecular formula is C15H12ClNO2S. The first-order valence-corrected chi connectivity index (χ1v) is 7.51. The number of aromatic carboxylic acids is 1. The van der Waals surface area contributed by atoms with Crippen LogP contribution in [0.3, 0.4) is 0 Å². The first kappa shape index (κ1) is 13.5. The number of rotatable bonds is 3. The summed E-state index contributed by atoms with van der Waals surface area (Å²) >= 11 is 7.28. The Labute approximate surface area is 126 Å². The molecule has 0 fully saturated rings. The normalized spacial score (nSPS) is 13.2. The minimum Gasteiger partial charge on any atom is -0.478 e. The van der Waals surface area contributed by atoms with Gasteiger partial charge in [-0.15, -0.1) is 0 Å². The summed E-state index contributed by atoms with van der Waals surface area (Å²) in [6.07, 6.45) is 4.88. The predicted molar refractivity (Wildman–Crippen MR) is 78.8 cm³/mol. The number of nitrogens with zero attached hydrogens (tertiary/aromatic N) is 1. The van der Waals surface area contributed by atoms with E-state index in [0.29, 0.717) is 5.03 Å². The number of aromatic nitrogens is 1. The van der Waals surface area contributed by atoms with Crippen molar-refractivity contribution in [1.29, 1.82) is 0 Å². The molecule has 3 rings (SSSR count). The topological polar surface area (TPSA) is 50.2 Å². The number of carbonyl (C=O) groups is 1. The summed E-state index contributed by atoms with van der Waals surface area (Å²) in [7, 11) is 0. The van der Waals surface area contributed by atoms with Gasteiger partial charge in [0.05, 0.1) is 10.6 Å². The van der Waals surface area contributed by atoms with Gasteiger partial charge in [-0.3, -0.25) is 0 Å². The van der Waals surface area contributed by atoms with E-state index in [1.165, 1.54) is 41.6 Å². The fourth-order valence-corrected chi connectivity index (χ4v) is 3.42. The lowest BCUT2D eigenvalue weighted by Gasteiger charge is -2.06. The van der Waals surface area contributed by atoms with Crippen LogP contribution in [0, 0.1) is 0 Å². The van der Waals surface area contributed by atoms with Crippen molar-refractivity contribution in [1.82, 2.24) is 4.98 Å². The number of pyridine rings is 1. The minimum absolute atomic E-state index is 0.0883. The maximum absolute atomic E-state index is 11.1. The van der Waals surface area contributed by atoms with E-state index in [0.717, 1.165) is 17.7 Å². The Morgan fingerprint density at radius 2 is 2.05 bits per heavy atom. The van der Waals surface area contributed by atoms with Gasteiger partial charge in [0.15, 0.2) is 0 Å². The molecule has 0 saturated heterocycles. The van der Waals surface area contributed by atoms with Crippen LogP contribution in [0.2, 0.25) is 5.02 Å². The third-order valence-electron chi connectivity index (χ3n) is 3.35. The zero-order valence-electron chi connectivity index (χ0n) is 10.6. The number of aryl methyl sites for hydroxylation is 2. The van der Waals surface area contributed by atoms with Crippen molar-refractivity contribution in [3.8, 4) is 0 Å². The molecule has 5 heteroatoms. The number of carboxylic acid groups (broad SMARTS) is 1. The van der Waals surface area contributed by atoms with Crippen molar-refractivity contribution < 1.29 is 9.90 Å². The summed E-state index contributed by atoms with van der Waals surface area (Å²) in [5, 5.41) is 9.87. The van der Waals surface area contributed by atoms with Gasteiger partial charge in [-0.2, -0.15) is 0 Å². The van der Waals surface area contributed by atoms with Crippen LogP contribution in [0.4, 0.5) is 0 Å². The summed E-state index contributed by atoms with van der Waals surface area (Å²) in [4.78, 5) is 16.3. The summed E-state index contributed by atoms with van der Waals surface area (Å²) in [6.45, 7) is 0. The SMILES string of the molecule is O=C(O)c1cc(Sc2ccc3c(c2)CCC3)ncc1Cl.